The molecule has 1 aromatic rings. The van der Waals surface area contributed by atoms with E-state index in [0.29, 0.717) is 16.3 Å². The van der Waals surface area contributed by atoms with E-state index in [2.05, 4.69) is 0 Å². The van der Waals surface area contributed by atoms with Crippen LogP contribution in [0.3, 0.4) is 0 Å². The van der Waals surface area contributed by atoms with E-state index in [9.17, 15) is 4.79 Å². The maximum absolute atomic E-state index is 10.9. The molecule has 1 rings (SSSR count). The summed E-state index contributed by atoms with van der Waals surface area (Å²) in [4.78, 5) is 10.9. The summed E-state index contributed by atoms with van der Waals surface area (Å²) in [5.41, 5.74) is 6.47. The Kier molecular flexibility index (Phi) is 10.4. The van der Waals surface area contributed by atoms with Gasteiger partial charge in [0.25, 0.3) is 0 Å². The van der Waals surface area contributed by atoms with Crippen LogP contribution in [-0.2, 0) is 0 Å². The second kappa shape index (κ2) is 9.53. The van der Waals surface area contributed by atoms with Gasteiger partial charge >= 0.3 is 0 Å². The summed E-state index contributed by atoms with van der Waals surface area (Å²) >= 11 is 5.65. The highest BCUT2D eigenvalue weighted by Crippen LogP contribution is 2.17. The van der Waals surface area contributed by atoms with Crippen molar-refractivity contribution in [1.82, 2.24) is 0 Å². The third-order valence-electron chi connectivity index (χ3n) is 1.39. The standard InChI is InChI=1S/C8H8ClNO.2C2H6/c1-5(11)7-4-6(9)2-3-8(7)10;2*1-2/h2-4H,10H2,1H3;2*1-2H3. The first-order chi connectivity index (χ1) is 7.11. The molecule has 2 nitrogen and oxygen atoms in total. The van der Waals surface area contributed by atoms with Gasteiger partial charge in [-0.05, 0) is 25.1 Å². The molecule has 0 saturated heterocycles. The van der Waals surface area contributed by atoms with Crippen molar-refractivity contribution in [3.05, 3.63) is 28.8 Å². The summed E-state index contributed by atoms with van der Waals surface area (Å²) in [6.45, 7) is 9.46. The molecule has 0 atom stereocenters. The number of halogens is 1. The molecule has 0 radical (unpaired) electrons. The minimum atomic E-state index is -0.0648. The number of hydrogen-bond acceptors (Lipinski definition) is 2. The number of carbonyl (C=O) groups is 1. The van der Waals surface area contributed by atoms with Gasteiger partial charge < -0.3 is 5.73 Å². The Bertz CT molecular complexity index is 298. The SMILES string of the molecule is CC.CC.CC(=O)c1cc(Cl)ccc1N. The molecule has 0 spiro atoms. The van der Waals surface area contributed by atoms with E-state index in [1.54, 1.807) is 18.2 Å². The highest BCUT2D eigenvalue weighted by Gasteiger charge is 2.03. The van der Waals surface area contributed by atoms with Crippen LogP contribution in [0.5, 0.6) is 0 Å². The average Bonchev–Trinajstić information content (AvgIpc) is 2.27. The predicted molar refractivity (Wildman–Crippen MR) is 68.6 cm³/mol. The number of rotatable bonds is 1. The third kappa shape index (κ3) is 6.13. The highest BCUT2D eigenvalue weighted by molar-refractivity contribution is 6.31. The van der Waals surface area contributed by atoms with Crippen LogP contribution in [0.2, 0.25) is 5.02 Å². The number of carbonyl (C=O) groups excluding carboxylic acids is 1. The zero-order valence-corrected chi connectivity index (χ0v) is 10.9. The number of nitrogen functional groups attached to an aromatic ring is 1. The zero-order chi connectivity index (χ0) is 12.4. The molecule has 0 aliphatic carbocycles. The van der Waals surface area contributed by atoms with E-state index in [4.69, 9.17) is 17.3 Å². The number of ketones is 1. The molecule has 3 heteroatoms. The summed E-state index contributed by atoms with van der Waals surface area (Å²) in [6, 6.07) is 4.85. The van der Waals surface area contributed by atoms with E-state index >= 15 is 0 Å². The van der Waals surface area contributed by atoms with Crippen LogP contribution < -0.4 is 5.73 Å². The van der Waals surface area contributed by atoms with Crippen LogP contribution in [0.1, 0.15) is 45.0 Å². The third-order valence-corrected chi connectivity index (χ3v) is 1.63. The Morgan fingerprint density at radius 3 is 2.00 bits per heavy atom. The number of anilines is 1. The van der Waals surface area contributed by atoms with Gasteiger partial charge in [-0.3, -0.25) is 4.79 Å². The van der Waals surface area contributed by atoms with Gasteiger partial charge in [0.1, 0.15) is 0 Å². The number of benzene rings is 1. The van der Waals surface area contributed by atoms with Crippen molar-refractivity contribution in [3.8, 4) is 0 Å². The lowest BCUT2D eigenvalue weighted by atomic mass is 10.1. The number of nitrogens with two attached hydrogens (primary N) is 1. The van der Waals surface area contributed by atoms with Crippen molar-refractivity contribution in [2.45, 2.75) is 34.6 Å². The maximum Gasteiger partial charge on any atom is 0.161 e. The smallest absolute Gasteiger partial charge is 0.161 e. The van der Waals surface area contributed by atoms with Crippen LogP contribution in [0.15, 0.2) is 18.2 Å². The lowest BCUT2D eigenvalue weighted by molar-refractivity contribution is 0.101. The Morgan fingerprint density at radius 1 is 1.20 bits per heavy atom. The summed E-state index contributed by atoms with van der Waals surface area (Å²) in [6.07, 6.45) is 0. The van der Waals surface area contributed by atoms with Crippen molar-refractivity contribution >= 4 is 23.1 Å². The Labute approximate surface area is 97.4 Å². The second-order valence-corrected chi connectivity index (χ2v) is 2.72. The van der Waals surface area contributed by atoms with Crippen molar-refractivity contribution in [1.29, 1.82) is 0 Å². The second-order valence-electron chi connectivity index (χ2n) is 2.29. The summed E-state index contributed by atoms with van der Waals surface area (Å²) < 4.78 is 0. The first kappa shape index (κ1) is 16.4. The number of Topliss-reactive ketones (excluding diaryl/α,β-unsaturated/α-hetero) is 1. The summed E-state index contributed by atoms with van der Waals surface area (Å²) in [5.74, 6) is -0.0648. The van der Waals surface area contributed by atoms with Crippen molar-refractivity contribution in [2.75, 3.05) is 5.73 Å². The molecule has 0 aliphatic rings. The molecule has 2 N–H and O–H groups in total. The molecule has 0 bridgehead atoms. The first-order valence-electron chi connectivity index (χ1n) is 5.17. The van der Waals surface area contributed by atoms with Gasteiger partial charge in [0.15, 0.2) is 5.78 Å². The molecule has 1 aromatic carbocycles. The lowest BCUT2D eigenvalue weighted by Crippen LogP contribution is -1.98. The van der Waals surface area contributed by atoms with Gasteiger partial charge in [0.2, 0.25) is 0 Å². The van der Waals surface area contributed by atoms with Crippen LogP contribution in [0, 0.1) is 0 Å². The van der Waals surface area contributed by atoms with Crippen LogP contribution in [-0.4, -0.2) is 5.78 Å². The molecule has 0 fully saturated rings. The average molecular weight is 230 g/mol. The van der Waals surface area contributed by atoms with E-state index in [1.807, 2.05) is 27.7 Å². The first-order valence-corrected chi connectivity index (χ1v) is 5.55. The molecular weight excluding hydrogens is 210 g/mol. The van der Waals surface area contributed by atoms with Gasteiger partial charge in [-0.15, -0.1) is 0 Å². The van der Waals surface area contributed by atoms with E-state index < -0.39 is 0 Å². The highest BCUT2D eigenvalue weighted by atomic mass is 35.5. The molecule has 0 saturated carbocycles. The molecule has 0 heterocycles. The van der Waals surface area contributed by atoms with Gasteiger partial charge in [-0.25, -0.2) is 0 Å². The van der Waals surface area contributed by atoms with Crippen molar-refractivity contribution in [2.24, 2.45) is 0 Å². The monoisotopic (exact) mass is 229 g/mol. The van der Waals surface area contributed by atoms with E-state index in [-0.39, 0.29) is 5.78 Å². The normalized spacial score (nSPS) is 7.87. The van der Waals surface area contributed by atoms with E-state index in [1.165, 1.54) is 6.92 Å². The molecule has 0 unspecified atom stereocenters. The fraction of sp³-hybridized carbons (Fsp3) is 0.417. The molecule has 0 aromatic heterocycles. The summed E-state index contributed by atoms with van der Waals surface area (Å²) in [7, 11) is 0. The quantitative estimate of drug-likeness (QED) is 0.580. The minimum absolute atomic E-state index is 0.0648. The van der Waals surface area contributed by atoms with E-state index in [0.717, 1.165) is 0 Å². The Balaban J connectivity index is 0. The minimum Gasteiger partial charge on any atom is -0.398 e. The Hall–Kier alpha value is -1.02. The maximum atomic E-state index is 10.9. The molecule has 15 heavy (non-hydrogen) atoms. The van der Waals surface area contributed by atoms with Crippen LogP contribution in [0.25, 0.3) is 0 Å². The molecule has 0 aliphatic heterocycles. The summed E-state index contributed by atoms with van der Waals surface area (Å²) in [5, 5.41) is 0.532. The van der Waals surface area contributed by atoms with Crippen LogP contribution in [0.4, 0.5) is 5.69 Å². The fourth-order valence-corrected chi connectivity index (χ4v) is 1.01. The Morgan fingerprint density at radius 2 is 1.67 bits per heavy atom. The van der Waals surface area contributed by atoms with Crippen LogP contribution >= 0.6 is 11.6 Å². The van der Waals surface area contributed by atoms with Crippen molar-refractivity contribution < 1.29 is 4.79 Å². The van der Waals surface area contributed by atoms with Gasteiger partial charge in [0, 0.05) is 16.3 Å². The predicted octanol–water partition coefficient (Wildman–Crippen LogP) is 4.18. The van der Waals surface area contributed by atoms with Gasteiger partial charge in [-0.2, -0.15) is 0 Å². The molecular formula is C12H20ClNO. The zero-order valence-electron chi connectivity index (χ0n) is 10.1. The molecule has 86 valence electrons. The fourth-order valence-electron chi connectivity index (χ4n) is 0.833. The van der Waals surface area contributed by atoms with Gasteiger partial charge in [0.05, 0.1) is 0 Å². The number of hydrogen-bond donors (Lipinski definition) is 1. The molecule has 0 amide bonds. The van der Waals surface area contributed by atoms with Crippen molar-refractivity contribution in [3.63, 3.8) is 0 Å². The topological polar surface area (TPSA) is 43.1 Å². The van der Waals surface area contributed by atoms with Gasteiger partial charge in [-0.1, -0.05) is 39.3 Å². The lowest BCUT2D eigenvalue weighted by Gasteiger charge is -2.00. The largest absolute Gasteiger partial charge is 0.398 e.